The minimum Gasteiger partial charge on any atom is -0.324 e. The van der Waals surface area contributed by atoms with Crippen molar-refractivity contribution < 1.29 is 22.8 Å². The summed E-state index contributed by atoms with van der Waals surface area (Å²) in [6, 6.07) is 10.3. The molecule has 2 amide bonds. The number of hydrogen-bond acceptors (Lipinski definition) is 4. The van der Waals surface area contributed by atoms with Crippen molar-refractivity contribution in [1.29, 1.82) is 0 Å². The van der Waals surface area contributed by atoms with Crippen molar-refractivity contribution in [3.63, 3.8) is 0 Å². The highest BCUT2D eigenvalue weighted by Gasteiger charge is 2.36. The molecular weight excluding hydrogens is 411 g/mol. The Kier molecular flexibility index (Phi) is 5.22. The normalized spacial score (nSPS) is 16.6. The van der Waals surface area contributed by atoms with Crippen molar-refractivity contribution in [2.45, 2.75) is 19.5 Å². The van der Waals surface area contributed by atoms with Crippen LogP contribution < -0.4 is 10.2 Å². The van der Waals surface area contributed by atoms with Gasteiger partial charge in [-0.05, 0) is 37.3 Å². The smallest absolute Gasteiger partial charge is 0.324 e. The molecule has 31 heavy (non-hydrogen) atoms. The molecule has 1 saturated heterocycles. The van der Waals surface area contributed by atoms with E-state index in [9.17, 15) is 22.8 Å². The molecule has 0 aliphatic carbocycles. The van der Waals surface area contributed by atoms with Crippen LogP contribution >= 0.6 is 0 Å². The van der Waals surface area contributed by atoms with Crippen LogP contribution in [0, 0.1) is 12.8 Å². The minimum absolute atomic E-state index is 0.0304. The second kappa shape index (κ2) is 7.86. The molecule has 0 radical (unpaired) electrons. The van der Waals surface area contributed by atoms with Crippen LogP contribution in [0.1, 0.15) is 17.5 Å². The molecule has 1 aromatic heterocycles. The molecule has 0 saturated carbocycles. The number of aryl methyl sites for hydroxylation is 1. The van der Waals surface area contributed by atoms with Crippen molar-refractivity contribution in [2.75, 3.05) is 16.8 Å². The highest BCUT2D eigenvalue weighted by Crippen LogP contribution is 2.34. The fourth-order valence-electron chi connectivity index (χ4n) is 3.44. The summed E-state index contributed by atoms with van der Waals surface area (Å²) in [6.07, 6.45) is -2.06. The molecule has 1 aliphatic rings. The summed E-state index contributed by atoms with van der Waals surface area (Å²) in [4.78, 5) is 30.6. The monoisotopic (exact) mass is 429 g/mol. The Morgan fingerprint density at radius 1 is 1.16 bits per heavy atom. The van der Waals surface area contributed by atoms with Gasteiger partial charge >= 0.3 is 6.18 Å². The van der Waals surface area contributed by atoms with E-state index in [4.69, 9.17) is 0 Å². The van der Waals surface area contributed by atoms with Gasteiger partial charge in [-0.1, -0.05) is 17.7 Å². The van der Waals surface area contributed by atoms with Crippen LogP contribution in [0.5, 0.6) is 0 Å². The standard InChI is InChI=1S/C21H18F3N5O2/c1-13-2-5-16(6-3-13)28-10-14(8-19(28)30)20(31)27-17-9-15(21(22,23)24)4-7-18(17)29-12-25-11-26-29/h2-7,9,11-12,14H,8,10H2,1H3,(H,27,31). The highest BCUT2D eigenvalue weighted by atomic mass is 19.4. The summed E-state index contributed by atoms with van der Waals surface area (Å²) in [5.74, 6) is -1.46. The third kappa shape index (κ3) is 4.27. The lowest BCUT2D eigenvalue weighted by Gasteiger charge is -2.18. The van der Waals surface area contributed by atoms with Gasteiger partial charge in [-0.2, -0.15) is 18.3 Å². The topological polar surface area (TPSA) is 80.1 Å². The first kappa shape index (κ1) is 20.6. The number of carbonyl (C=O) groups is 2. The number of anilines is 2. The lowest BCUT2D eigenvalue weighted by molar-refractivity contribution is -0.137. The van der Waals surface area contributed by atoms with Crippen molar-refractivity contribution in [2.24, 2.45) is 5.92 Å². The van der Waals surface area contributed by atoms with Crippen molar-refractivity contribution in [3.8, 4) is 5.69 Å². The van der Waals surface area contributed by atoms with Crippen LogP contribution in [-0.2, 0) is 15.8 Å². The third-order valence-corrected chi connectivity index (χ3v) is 5.09. The summed E-state index contributed by atoms with van der Waals surface area (Å²) in [6.45, 7) is 2.07. The maximum atomic E-state index is 13.2. The fraction of sp³-hybridized carbons (Fsp3) is 0.238. The highest BCUT2D eigenvalue weighted by molar-refractivity contribution is 6.04. The molecule has 0 bridgehead atoms. The Morgan fingerprint density at radius 2 is 1.90 bits per heavy atom. The fourth-order valence-corrected chi connectivity index (χ4v) is 3.44. The molecule has 7 nitrogen and oxygen atoms in total. The van der Waals surface area contributed by atoms with E-state index in [-0.39, 0.29) is 30.2 Å². The van der Waals surface area contributed by atoms with E-state index in [1.54, 1.807) is 12.1 Å². The molecule has 1 N–H and O–H groups in total. The number of hydrogen-bond donors (Lipinski definition) is 1. The molecule has 1 unspecified atom stereocenters. The number of carbonyl (C=O) groups excluding carboxylic acids is 2. The molecule has 10 heteroatoms. The first-order valence-corrected chi connectivity index (χ1v) is 9.46. The van der Waals surface area contributed by atoms with Gasteiger partial charge in [0, 0.05) is 18.7 Å². The van der Waals surface area contributed by atoms with Crippen LogP contribution in [0.3, 0.4) is 0 Å². The van der Waals surface area contributed by atoms with Crippen molar-refractivity contribution in [3.05, 3.63) is 66.2 Å². The Morgan fingerprint density at radius 3 is 2.55 bits per heavy atom. The zero-order valence-corrected chi connectivity index (χ0v) is 16.4. The average molecular weight is 429 g/mol. The maximum absolute atomic E-state index is 13.2. The van der Waals surface area contributed by atoms with Gasteiger partial charge in [-0.15, -0.1) is 0 Å². The van der Waals surface area contributed by atoms with E-state index in [1.807, 2.05) is 19.1 Å². The van der Waals surface area contributed by atoms with Crippen LogP contribution in [-0.4, -0.2) is 33.1 Å². The van der Waals surface area contributed by atoms with Crippen LogP contribution in [0.25, 0.3) is 5.69 Å². The molecule has 4 rings (SSSR count). The van der Waals surface area contributed by atoms with E-state index >= 15 is 0 Å². The van der Waals surface area contributed by atoms with Gasteiger partial charge in [0.1, 0.15) is 12.7 Å². The summed E-state index contributed by atoms with van der Waals surface area (Å²) in [5.41, 5.74) is 0.976. The number of nitrogens with zero attached hydrogens (tertiary/aromatic N) is 4. The molecule has 160 valence electrons. The van der Waals surface area contributed by atoms with Crippen LogP contribution in [0.2, 0.25) is 0 Å². The second-order valence-electron chi connectivity index (χ2n) is 7.30. The number of amides is 2. The molecule has 2 aromatic carbocycles. The van der Waals surface area contributed by atoms with E-state index in [0.29, 0.717) is 5.69 Å². The zero-order valence-electron chi connectivity index (χ0n) is 16.4. The molecule has 2 heterocycles. The Labute approximate surface area is 175 Å². The minimum atomic E-state index is -4.58. The van der Waals surface area contributed by atoms with Gasteiger partial charge in [-0.3, -0.25) is 9.59 Å². The largest absolute Gasteiger partial charge is 0.416 e. The lowest BCUT2D eigenvalue weighted by atomic mass is 10.1. The molecule has 1 aliphatic heterocycles. The van der Waals surface area contributed by atoms with Crippen LogP contribution in [0.4, 0.5) is 24.5 Å². The predicted octanol–water partition coefficient (Wildman–Crippen LogP) is 3.59. The zero-order chi connectivity index (χ0) is 22.2. The van der Waals surface area contributed by atoms with Gasteiger partial charge in [0.05, 0.1) is 22.9 Å². The molecule has 3 aromatic rings. The summed E-state index contributed by atoms with van der Waals surface area (Å²) < 4.78 is 40.9. The summed E-state index contributed by atoms with van der Waals surface area (Å²) in [7, 11) is 0. The van der Waals surface area contributed by atoms with Gasteiger partial charge in [0.2, 0.25) is 11.8 Å². The SMILES string of the molecule is Cc1ccc(N2CC(C(=O)Nc3cc(C(F)(F)F)ccc3-n3cncn3)CC2=O)cc1. The number of aromatic nitrogens is 3. The number of benzene rings is 2. The summed E-state index contributed by atoms with van der Waals surface area (Å²) >= 11 is 0. The van der Waals surface area contributed by atoms with E-state index < -0.39 is 23.6 Å². The lowest BCUT2D eigenvalue weighted by Crippen LogP contribution is -2.28. The van der Waals surface area contributed by atoms with Crippen molar-refractivity contribution in [1.82, 2.24) is 14.8 Å². The van der Waals surface area contributed by atoms with Gasteiger partial charge in [0.15, 0.2) is 0 Å². The van der Waals surface area contributed by atoms with E-state index in [0.717, 1.165) is 17.7 Å². The summed E-state index contributed by atoms with van der Waals surface area (Å²) in [5, 5.41) is 6.47. The average Bonchev–Trinajstić information content (AvgIpc) is 3.38. The molecule has 1 atom stereocenters. The second-order valence-corrected chi connectivity index (χ2v) is 7.30. The van der Waals surface area contributed by atoms with Gasteiger partial charge in [-0.25, -0.2) is 9.67 Å². The number of nitrogens with one attached hydrogen (secondary N) is 1. The Balaban J connectivity index is 1.58. The maximum Gasteiger partial charge on any atom is 0.416 e. The van der Waals surface area contributed by atoms with Crippen molar-refractivity contribution >= 4 is 23.2 Å². The molecule has 0 spiro atoms. The number of halogens is 3. The number of alkyl halides is 3. The first-order chi connectivity index (χ1) is 14.7. The number of rotatable bonds is 4. The van der Waals surface area contributed by atoms with E-state index in [1.165, 1.54) is 28.3 Å². The Hall–Kier alpha value is -3.69. The van der Waals surface area contributed by atoms with Crippen LogP contribution in [0.15, 0.2) is 55.1 Å². The quantitative estimate of drug-likeness (QED) is 0.688. The molecule has 1 fully saturated rings. The van der Waals surface area contributed by atoms with E-state index in [2.05, 4.69) is 15.4 Å². The third-order valence-electron chi connectivity index (χ3n) is 5.09. The van der Waals surface area contributed by atoms with Gasteiger partial charge < -0.3 is 10.2 Å². The predicted molar refractivity (Wildman–Crippen MR) is 107 cm³/mol. The first-order valence-electron chi connectivity index (χ1n) is 9.46. The van der Waals surface area contributed by atoms with Gasteiger partial charge in [0.25, 0.3) is 0 Å². The molecular formula is C21H18F3N5O2. The Bertz CT molecular complexity index is 1110.